The Morgan fingerprint density at radius 3 is 2.69 bits per heavy atom. The average molecular weight is 207 g/mol. The predicted molar refractivity (Wildman–Crippen MR) is 44.0 cm³/mol. The number of halogens is 3. The Hall–Kier alpha value is -1.23. The van der Waals surface area contributed by atoms with E-state index in [-0.39, 0.29) is 22.6 Å². The number of hydrogen-bond acceptors (Lipinski definition) is 3. The van der Waals surface area contributed by atoms with E-state index in [0.717, 1.165) is 6.20 Å². The van der Waals surface area contributed by atoms with Crippen LogP contribution in [0.4, 0.5) is 14.5 Å². The molecule has 13 heavy (non-hydrogen) atoms. The summed E-state index contributed by atoms with van der Waals surface area (Å²) in [6.07, 6.45) is -1.62. The zero-order chi connectivity index (χ0) is 10.0. The van der Waals surface area contributed by atoms with Crippen molar-refractivity contribution in [1.82, 2.24) is 4.98 Å². The first-order valence-corrected chi connectivity index (χ1v) is 3.63. The molecule has 70 valence electrons. The van der Waals surface area contributed by atoms with Gasteiger partial charge >= 0.3 is 0 Å². The standard InChI is InChI=1S/C7H5ClF2N2O/c8-4-1-12-6(7(9)10)3(2-13)5(4)11/h1-2,7H,(H2,11,12). The third-order valence-corrected chi connectivity index (χ3v) is 1.77. The number of anilines is 1. The van der Waals surface area contributed by atoms with Crippen molar-refractivity contribution in [2.75, 3.05) is 5.73 Å². The van der Waals surface area contributed by atoms with Crippen molar-refractivity contribution in [3.8, 4) is 0 Å². The van der Waals surface area contributed by atoms with Crippen LogP contribution in [0, 0.1) is 0 Å². The molecule has 0 atom stereocenters. The Morgan fingerprint density at radius 1 is 1.62 bits per heavy atom. The lowest BCUT2D eigenvalue weighted by Crippen LogP contribution is -2.03. The van der Waals surface area contributed by atoms with Crippen molar-refractivity contribution >= 4 is 23.6 Å². The number of rotatable bonds is 2. The lowest BCUT2D eigenvalue weighted by molar-refractivity contribution is 0.110. The third kappa shape index (κ3) is 1.75. The second kappa shape index (κ2) is 3.66. The second-order valence-electron chi connectivity index (χ2n) is 2.24. The van der Waals surface area contributed by atoms with Crippen LogP contribution in [0.15, 0.2) is 6.20 Å². The smallest absolute Gasteiger partial charge is 0.281 e. The number of nitrogen functional groups attached to an aromatic ring is 1. The van der Waals surface area contributed by atoms with Gasteiger partial charge in [-0.15, -0.1) is 0 Å². The molecule has 2 N–H and O–H groups in total. The van der Waals surface area contributed by atoms with Crippen LogP contribution < -0.4 is 5.73 Å². The minimum absolute atomic E-state index is 0.00787. The first-order chi connectivity index (χ1) is 6.07. The predicted octanol–water partition coefficient (Wildman–Crippen LogP) is 2.07. The highest BCUT2D eigenvalue weighted by Crippen LogP contribution is 2.28. The quantitative estimate of drug-likeness (QED) is 0.754. The van der Waals surface area contributed by atoms with E-state index in [9.17, 15) is 13.6 Å². The van der Waals surface area contributed by atoms with Gasteiger partial charge in [0.1, 0.15) is 5.69 Å². The molecule has 1 aromatic heterocycles. The SMILES string of the molecule is Nc1c(Cl)cnc(C(F)F)c1C=O. The number of aromatic nitrogens is 1. The van der Waals surface area contributed by atoms with E-state index >= 15 is 0 Å². The monoisotopic (exact) mass is 206 g/mol. The highest BCUT2D eigenvalue weighted by molar-refractivity contribution is 6.33. The Kier molecular flexibility index (Phi) is 2.77. The molecule has 0 amide bonds. The fourth-order valence-corrected chi connectivity index (χ4v) is 0.980. The average Bonchev–Trinajstić information content (AvgIpc) is 2.09. The molecule has 0 saturated carbocycles. The first-order valence-electron chi connectivity index (χ1n) is 3.25. The van der Waals surface area contributed by atoms with Gasteiger partial charge in [-0.3, -0.25) is 9.78 Å². The topological polar surface area (TPSA) is 56.0 Å². The fourth-order valence-electron chi connectivity index (χ4n) is 0.830. The summed E-state index contributed by atoms with van der Waals surface area (Å²) in [5.41, 5.74) is 4.14. The maximum atomic E-state index is 12.2. The second-order valence-corrected chi connectivity index (χ2v) is 2.64. The molecule has 0 spiro atoms. The number of carbonyl (C=O) groups is 1. The van der Waals surface area contributed by atoms with Crippen molar-refractivity contribution in [2.45, 2.75) is 6.43 Å². The molecule has 0 unspecified atom stereocenters. The summed E-state index contributed by atoms with van der Waals surface area (Å²) < 4.78 is 24.4. The van der Waals surface area contributed by atoms with E-state index in [1.807, 2.05) is 0 Å². The van der Waals surface area contributed by atoms with Gasteiger partial charge in [0.05, 0.1) is 16.3 Å². The highest BCUT2D eigenvalue weighted by Gasteiger charge is 2.18. The van der Waals surface area contributed by atoms with E-state index < -0.39 is 12.1 Å². The van der Waals surface area contributed by atoms with Gasteiger partial charge in [0.25, 0.3) is 6.43 Å². The van der Waals surface area contributed by atoms with Crippen molar-refractivity contribution in [2.24, 2.45) is 0 Å². The number of alkyl halides is 2. The van der Waals surface area contributed by atoms with Gasteiger partial charge in [0, 0.05) is 6.20 Å². The van der Waals surface area contributed by atoms with Crippen LogP contribution in [0.5, 0.6) is 0 Å². The zero-order valence-corrected chi connectivity index (χ0v) is 7.05. The molecule has 0 aliphatic carbocycles. The van der Waals surface area contributed by atoms with Gasteiger partial charge in [-0.05, 0) is 0 Å². The van der Waals surface area contributed by atoms with Gasteiger partial charge in [-0.2, -0.15) is 0 Å². The molecule has 0 radical (unpaired) electrons. The molecule has 1 rings (SSSR count). The summed E-state index contributed by atoms with van der Waals surface area (Å²) >= 11 is 5.48. The lowest BCUT2D eigenvalue weighted by Gasteiger charge is -2.06. The van der Waals surface area contributed by atoms with Crippen LogP contribution >= 0.6 is 11.6 Å². The van der Waals surface area contributed by atoms with E-state index in [1.54, 1.807) is 0 Å². The summed E-state index contributed by atoms with van der Waals surface area (Å²) in [4.78, 5) is 13.7. The normalized spacial score (nSPS) is 10.5. The number of hydrogen-bond donors (Lipinski definition) is 1. The van der Waals surface area contributed by atoms with Crippen LogP contribution in [0.2, 0.25) is 5.02 Å². The van der Waals surface area contributed by atoms with Gasteiger partial charge < -0.3 is 5.73 Å². The number of carbonyl (C=O) groups excluding carboxylic acids is 1. The molecule has 0 fully saturated rings. The molecular weight excluding hydrogens is 202 g/mol. The maximum absolute atomic E-state index is 12.2. The minimum Gasteiger partial charge on any atom is -0.397 e. The van der Waals surface area contributed by atoms with Crippen molar-refractivity contribution in [3.63, 3.8) is 0 Å². The van der Waals surface area contributed by atoms with E-state index in [4.69, 9.17) is 17.3 Å². The molecule has 3 nitrogen and oxygen atoms in total. The number of aldehydes is 1. The van der Waals surface area contributed by atoms with Crippen molar-refractivity contribution < 1.29 is 13.6 Å². The third-order valence-electron chi connectivity index (χ3n) is 1.46. The molecule has 0 aromatic carbocycles. The Morgan fingerprint density at radius 2 is 2.23 bits per heavy atom. The Bertz CT molecular complexity index is 344. The van der Waals surface area contributed by atoms with Gasteiger partial charge in [-0.1, -0.05) is 11.6 Å². The maximum Gasteiger partial charge on any atom is 0.281 e. The number of pyridine rings is 1. The van der Waals surface area contributed by atoms with Gasteiger partial charge in [0.2, 0.25) is 0 Å². The Labute approximate surface area is 77.5 Å². The number of nitrogens with zero attached hydrogens (tertiary/aromatic N) is 1. The molecule has 0 aliphatic heterocycles. The van der Waals surface area contributed by atoms with Crippen LogP contribution in [0.1, 0.15) is 22.5 Å². The highest BCUT2D eigenvalue weighted by atomic mass is 35.5. The van der Waals surface area contributed by atoms with E-state index in [0.29, 0.717) is 0 Å². The van der Waals surface area contributed by atoms with E-state index in [2.05, 4.69) is 4.98 Å². The minimum atomic E-state index is -2.83. The molecule has 0 saturated heterocycles. The van der Waals surface area contributed by atoms with Crippen LogP contribution in [-0.2, 0) is 0 Å². The van der Waals surface area contributed by atoms with E-state index in [1.165, 1.54) is 0 Å². The van der Waals surface area contributed by atoms with Crippen molar-refractivity contribution in [3.05, 3.63) is 22.5 Å². The van der Waals surface area contributed by atoms with Gasteiger partial charge in [0.15, 0.2) is 6.29 Å². The molecule has 1 heterocycles. The first kappa shape index (κ1) is 9.85. The largest absolute Gasteiger partial charge is 0.397 e. The van der Waals surface area contributed by atoms with Crippen LogP contribution in [0.25, 0.3) is 0 Å². The summed E-state index contributed by atoms with van der Waals surface area (Å²) in [6.45, 7) is 0. The summed E-state index contributed by atoms with van der Waals surface area (Å²) in [7, 11) is 0. The molecule has 0 bridgehead atoms. The van der Waals surface area contributed by atoms with Crippen molar-refractivity contribution in [1.29, 1.82) is 0 Å². The lowest BCUT2D eigenvalue weighted by atomic mass is 10.2. The summed E-state index contributed by atoms with van der Waals surface area (Å²) in [5, 5.41) is -0.00787. The van der Waals surface area contributed by atoms with Crippen LogP contribution in [-0.4, -0.2) is 11.3 Å². The Balaban J connectivity index is 3.38. The molecule has 0 aliphatic rings. The number of nitrogens with two attached hydrogens (primary N) is 1. The van der Waals surface area contributed by atoms with Gasteiger partial charge in [-0.25, -0.2) is 8.78 Å². The zero-order valence-electron chi connectivity index (χ0n) is 6.30. The molecule has 6 heteroatoms. The summed E-state index contributed by atoms with van der Waals surface area (Å²) in [6, 6.07) is 0. The molecule has 1 aromatic rings. The summed E-state index contributed by atoms with van der Waals surface area (Å²) in [5.74, 6) is 0. The molecular formula is C7H5ClF2N2O. The van der Waals surface area contributed by atoms with Crippen LogP contribution in [0.3, 0.4) is 0 Å². The fraction of sp³-hybridized carbons (Fsp3) is 0.143.